The Morgan fingerprint density at radius 3 is 2.50 bits per heavy atom. The summed E-state index contributed by atoms with van der Waals surface area (Å²) in [6, 6.07) is 7.62. The molecule has 0 saturated heterocycles. The van der Waals surface area contributed by atoms with Crippen molar-refractivity contribution in [1.29, 1.82) is 0 Å². The van der Waals surface area contributed by atoms with Crippen LogP contribution in [0.5, 0.6) is 5.75 Å². The van der Waals surface area contributed by atoms with Gasteiger partial charge in [0.15, 0.2) is 0 Å². The topological polar surface area (TPSA) is 73.9 Å². The maximum absolute atomic E-state index is 12.5. The van der Waals surface area contributed by atoms with Gasteiger partial charge in [0, 0.05) is 11.2 Å². The van der Waals surface area contributed by atoms with Gasteiger partial charge in [-0.3, -0.25) is 4.84 Å². The maximum atomic E-state index is 12.5. The Balaban J connectivity index is 1.97. The van der Waals surface area contributed by atoms with Crippen LogP contribution in [0, 0.1) is 5.92 Å². The van der Waals surface area contributed by atoms with Gasteiger partial charge in [-0.1, -0.05) is 50.3 Å². The molecule has 1 N–H and O–H groups in total. The molecule has 1 fully saturated rings. The number of hydroxylamine groups is 1. The number of benzene rings is 1. The summed E-state index contributed by atoms with van der Waals surface area (Å²) in [5.74, 6) is -0.0614. The van der Waals surface area contributed by atoms with Gasteiger partial charge in [0.1, 0.15) is 11.8 Å². The number of carbonyl (C=O) groups excluding carboxylic acids is 1. The van der Waals surface area contributed by atoms with E-state index in [1.807, 2.05) is 13.8 Å². The molecule has 1 unspecified atom stereocenters. The highest BCUT2D eigenvalue weighted by atomic mass is 35.7. The van der Waals surface area contributed by atoms with E-state index in [0.29, 0.717) is 12.3 Å². The lowest BCUT2D eigenvalue weighted by Crippen LogP contribution is -2.40. The van der Waals surface area contributed by atoms with E-state index in [2.05, 4.69) is 5.48 Å². The van der Waals surface area contributed by atoms with Gasteiger partial charge in [-0.2, -0.15) is 5.48 Å². The van der Waals surface area contributed by atoms with Gasteiger partial charge in [-0.25, -0.2) is 9.36 Å². The van der Waals surface area contributed by atoms with E-state index in [0.717, 1.165) is 25.7 Å². The van der Waals surface area contributed by atoms with Crippen molar-refractivity contribution >= 4 is 24.2 Å². The predicted molar refractivity (Wildman–Crippen MR) is 101 cm³/mol. The van der Waals surface area contributed by atoms with Crippen LogP contribution >= 0.6 is 18.2 Å². The molecule has 0 spiro atoms. The monoisotopic (exact) mass is 403 g/mol. The molecular weight excluding hydrogens is 377 g/mol. The molecular formula is C18H27ClNO5P. The maximum Gasteiger partial charge on any atom is 0.532 e. The summed E-state index contributed by atoms with van der Waals surface area (Å²) in [6.07, 6.45) is 6.10. The summed E-state index contributed by atoms with van der Waals surface area (Å²) in [5.41, 5.74) is 2.74. The second kappa shape index (κ2) is 10.3. The third kappa shape index (κ3) is 7.67. The Morgan fingerprint density at radius 1 is 1.23 bits per heavy atom. The fraction of sp³-hybridized carbons (Fsp3) is 0.611. The third-order valence-corrected chi connectivity index (χ3v) is 5.42. The van der Waals surface area contributed by atoms with Crippen molar-refractivity contribution in [3.63, 3.8) is 0 Å². The van der Waals surface area contributed by atoms with Crippen LogP contribution in [-0.2, 0) is 18.7 Å². The van der Waals surface area contributed by atoms with E-state index in [4.69, 9.17) is 25.1 Å². The predicted octanol–water partition coefficient (Wildman–Crippen LogP) is 5.22. The first kappa shape index (κ1) is 21.2. The summed E-state index contributed by atoms with van der Waals surface area (Å²) < 4.78 is 22.5. The van der Waals surface area contributed by atoms with E-state index in [-0.39, 0.29) is 11.9 Å². The highest BCUT2D eigenvalue weighted by molar-refractivity contribution is 7.82. The highest BCUT2D eigenvalue weighted by Gasteiger charge is 2.34. The van der Waals surface area contributed by atoms with Crippen LogP contribution in [0.15, 0.2) is 30.3 Å². The average Bonchev–Trinajstić information content (AvgIpc) is 2.59. The largest absolute Gasteiger partial charge is 0.532 e. The lowest BCUT2D eigenvalue weighted by Gasteiger charge is -2.26. The van der Waals surface area contributed by atoms with Crippen LogP contribution in [0.25, 0.3) is 0 Å². The van der Waals surface area contributed by atoms with E-state index in [1.165, 1.54) is 6.42 Å². The fourth-order valence-electron chi connectivity index (χ4n) is 2.96. The van der Waals surface area contributed by atoms with Crippen molar-refractivity contribution in [1.82, 2.24) is 5.48 Å². The molecule has 1 saturated carbocycles. The number of hydrogen-bond acceptors (Lipinski definition) is 6. The highest BCUT2D eigenvalue weighted by Crippen LogP contribution is 2.53. The molecule has 0 aliphatic heterocycles. The van der Waals surface area contributed by atoms with E-state index < -0.39 is 19.0 Å². The van der Waals surface area contributed by atoms with Crippen LogP contribution in [0.2, 0.25) is 0 Å². The summed E-state index contributed by atoms with van der Waals surface area (Å²) in [7, 11) is 0. The zero-order chi connectivity index (χ0) is 19.0. The quantitative estimate of drug-likeness (QED) is 0.450. The van der Waals surface area contributed by atoms with Crippen LogP contribution < -0.4 is 10.0 Å². The zero-order valence-electron chi connectivity index (χ0n) is 15.2. The SMILES string of the molecule is CC(C)ON[C@@H](CC1CCCCC1)C(=O)OP(=O)(Cl)Oc1ccccc1. The van der Waals surface area contributed by atoms with Gasteiger partial charge < -0.3 is 9.05 Å². The fourth-order valence-corrected chi connectivity index (χ4v) is 4.16. The molecule has 26 heavy (non-hydrogen) atoms. The summed E-state index contributed by atoms with van der Waals surface area (Å²) in [6.45, 7) is -0.402. The minimum absolute atomic E-state index is 0.111. The second-order valence-corrected chi connectivity index (χ2v) is 9.29. The first-order valence-corrected chi connectivity index (χ1v) is 11.5. The number of nitrogens with one attached hydrogen (secondary N) is 1. The summed E-state index contributed by atoms with van der Waals surface area (Å²) in [4.78, 5) is 17.9. The first-order chi connectivity index (χ1) is 12.4. The zero-order valence-corrected chi connectivity index (χ0v) is 16.9. The Labute approximate surface area is 159 Å². The Kier molecular flexibility index (Phi) is 8.42. The summed E-state index contributed by atoms with van der Waals surface area (Å²) >= 11 is 5.84. The molecule has 8 heteroatoms. The number of carbonyl (C=O) groups is 1. The van der Waals surface area contributed by atoms with Crippen molar-refractivity contribution in [3.8, 4) is 5.75 Å². The Morgan fingerprint density at radius 2 is 1.88 bits per heavy atom. The molecule has 0 heterocycles. The minimum atomic E-state index is -4.10. The molecule has 0 amide bonds. The van der Waals surface area contributed by atoms with Crippen molar-refractivity contribution in [2.75, 3.05) is 0 Å². The molecule has 0 aromatic heterocycles. The molecule has 2 atom stereocenters. The molecule has 1 aliphatic carbocycles. The smallest absolute Gasteiger partial charge is 0.405 e. The van der Waals surface area contributed by atoms with Gasteiger partial charge in [0.25, 0.3) is 0 Å². The van der Waals surface area contributed by atoms with Crippen LogP contribution in [0.4, 0.5) is 0 Å². The van der Waals surface area contributed by atoms with Crippen LogP contribution in [-0.4, -0.2) is 18.1 Å². The van der Waals surface area contributed by atoms with Crippen LogP contribution in [0.3, 0.4) is 0 Å². The lowest BCUT2D eigenvalue weighted by atomic mass is 9.85. The van der Waals surface area contributed by atoms with Crippen molar-refractivity contribution < 1.29 is 23.2 Å². The second-order valence-electron chi connectivity index (χ2n) is 6.82. The number of halogens is 1. The number of rotatable bonds is 9. The molecule has 1 aromatic carbocycles. The van der Waals surface area contributed by atoms with Crippen LogP contribution in [0.1, 0.15) is 52.4 Å². The molecule has 0 bridgehead atoms. The Bertz CT molecular complexity index is 607. The van der Waals surface area contributed by atoms with E-state index >= 15 is 0 Å². The van der Waals surface area contributed by atoms with Crippen molar-refractivity contribution in [2.45, 2.75) is 64.5 Å². The molecule has 6 nitrogen and oxygen atoms in total. The van der Waals surface area contributed by atoms with Gasteiger partial charge >= 0.3 is 12.9 Å². The van der Waals surface area contributed by atoms with Gasteiger partial charge in [-0.15, -0.1) is 0 Å². The van der Waals surface area contributed by atoms with E-state index in [9.17, 15) is 9.36 Å². The minimum Gasteiger partial charge on any atom is -0.405 e. The molecule has 2 rings (SSSR count). The molecule has 1 aliphatic rings. The molecule has 1 aromatic rings. The molecule has 146 valence electrons. The molecule has 0 radical (unpaired) electrons. The van der Waals surface area contributed by atoms with Gasteiger partial charge in [-0.05, 0) is 38.3 Å². The van der Waals surface area contributed by atoms with E-state index in [1.54, 1.807) is 30.3 Å². The van der Waals surface area contributed by atoms with Crippen molar-refractivity contribution in [2.24, 2.45) is 5.92 Å². The van der Waals surface area contributed by atoms with Crippen molar-refractivity contribution in [3.05, 3.63) is 30.3 Å². The normalized spacial score (nSPS) is 18.9. The average molecular weight is 404 g/mol. The standard InChI is InChI=1S/C18H27ClNO5P/c1-14(2)23-20-17(13-15-9-5-3-6-10-15)18(21)25-26(19,22)24-16-11-7-4-8-12-16/h4,7-8,11-12,14-15,17,20H,3,5-6,9-10,13H2,1-2H3/t17-,26?/m0/s1. The van der Waals surface area contributed by atoms with Gasteiger partial charge in [0.05, 0.1) is 6.10 Å². The van der Waals surface area contributed by atoms with Gasteiger partial charge in [0.2, 0.25) is 0 Å². The number of para-hydroxylation sites is 1. The lowest BCUT2D eigenvalue weighted by molar-refractivity contribution is -0.143. The third-order valence-electron chi connectivity index (χ3n) is 4.18. The number of hydrogen-bond donors (Lipinski definition) is 1. The summed E-state index contributed by atoms with van der Waals surface area (Å²) in [5, 5.41) is 0. The first-order valence-electron chi connectivity index (χ1n) is 9.04. The Hall–Kier alpha value is -1.07.